The van der Waals surface area contributed by atoms with Crippen LogP contribution < -0.4 is 10.1 Å². The molecule has 1 aliphatic rings. The van der Waals surface area contributed by atoms with Gasteiger partial charge in [0.1, 0.15) is 5.69 Å². The lowest BCUT2D eigenvalue weighted by Crippen LogP contribution is -2.15. The minimum atomic E-state index is 0.657. The van der Waals surface area contributed by atoms with Crippen LogP contribution in [0.3, 0.4) is 0 Å². The van der Waals surface area contributed by atoms with Gasteiger partial charge in [0.15, 0.2) is 5.75 Å². The van der Waals surface area contributed by atoms with Crippen LogP contribution in [-0.2, 0) is 13.6 Å². The first-order valence-corrected chi connectivity index (χ1v) is 7.41. The van der Waals surface area contributed by atoms with Crippen molar-refractivity contribution in [2.75, 3.05) is 0 Å². The Hall–Kier alpha value is -1.88. The summed E-state index contributed by atoms with van der Waals surface area (Å²) in [7, 11) is 1.92. The number of rotatable bonds is 5. The molecule has 1 saturated carbocycles. The van der Waals surface area contributed by atoms with E-state index in [1.807, 2.05) is 38.7 Å². The molecule has 21 heavy (non-hydrogen) atoms. The molecule has 0 amide bonds. The van der Waals surface area contributed by atoms with Crippen LogP contribution in [0.2, 0.25) is 0 Å². The lowest BCUT2D eigenvalue weighted by Gasteiger charge is -2.10. The summed E-state index contributed by atoms with van der Waals surface area (Å²) >= 11 is 0. The van der Waals surface area contributed by atoms with Crippen molar-refractivity contribution in [2.45, 2.75) is 46.2 Å². The van der Waals surface area contributed by atoms with Crippen LogP contribution >= 0.6 is 0 Å². The summed E-state index contributed by atoms with van der Waals surface area (Å²) in [5.74, 6) is 1.46. The van der Waals surface area contributed by atoms with Crippen molar-refractivity contribution in [3.63, 3.8) is 0 Å². The van der Waals surface area contributed by atoms with Crippen LogP contribution in [-0.4, -0.2) is 20.8 Å². The van der Waals surface area contributed by atoms with Crippen molar-refractivity contribution in [3.05, 3.63) is 34.8 Å². The summed E-state index contributed by atoms with van der Waals surface area (Å²) in [5.41, 5.74) is 4.14. The fourth-order valence-corrected chi connectivity index (χ4v) is 2.37. The van der Waals surface area contributed by atoms with Crippen molar-refractivity contribution >= 4 is 0 Å². The van der Waals surface area contributed by atoms with E-state index in [9.17, 15) is 0 Å². The van der Waals surface area contributed by atoms with Crippen LogP contribution in [0.15, 0.2) is 12.3 Å². The predicted octanol–water partition coefficient (Wildman–Crippen LogP) is 2.78. The Balaban J connectivity index is 1.75. The van der Waals surface area contributed by atoms with Crippen molar-refractivity contribution in [3.8, 4) is 11.6 Å². The van der Waals surface area contributed by atoms with Gasteiger partial charge in [0.05, 0.1) is 5.69 Å². The molecular formula is C16H22N4O. The molecule has 2 aromatic heterocycles. The number of ether oxygens (including phenoxy) is 1. The highest BCUT2D eigenvalue weighted by Crippen LogP contribution is 2.29. The maximum Gasteiger partial charge on any atom is 0.222 e. The smallest absolute Gasteiger partial charge is 0.222 e. The van der Waals surface area contributed by atoms with E-state index in [2.05, 4.69) is 21.5 Å². The topological polar surface area (TPSA) is 52.0 Å². The van der Waals surface area contributed by atoms with Crippen molar-refractivity contribution in [1.82, 2.24) is 20.1 Å². The lowest BCUT2D eigenvalue weighted by molar-refractivity contribution is 0.450. The Morgan fingerprint density at radius 2 is 2.10 bits per heavy atom. The molecule has 3 rings (SSSR count). The van der Waals surface area contributed by atoms with Crippen LogP contribution in [0.1, 0.15) is 35.4 Å². The molecule has 0 bridgehead atoms. The first-order valence-electron chi connectivity index (χ1n) is 7.41. The minimum Gasteiger partial charge on any atom is -0.435 e. The zero-order chi connectivity index (χ0) is 15.0. The third-order valence-corrected chi connectivity index (χ3v) is 3.90. The highest BCUT2D eigenvalue weighted by atomic mass is 16.5. The van der Waals surface area contributed by atoms with Crippen molar-refractivity contribution in [1.29, 1.82) is 0 Å². The second-order valence-electron chi connectivity index (χ2n) is 5.85. The molecule has 5 nitrogen and oxygen atoms in total. The van der Waals surface area contributed by atoms with E-state index in [1.54, 1.807) is 0 Å². The Morgan fingerprint density at radius 3 is 2.67 bits per heavy atom. The highest BCUT2D eigenvalue weighted by molar-refractivity contribution is 5.38. The Kier molecular flexibility index (Phi) is 3.68. The molecular weight excluding hydrogens is 264 g/mol. The van der Waals surface area contributed by atoms with Gasteiger partial charge < -0.3 is 10.1 Å². The standard InChI is InChI=1S/C16H22N4O/c1-10-7-13(8-17-14-5-6-14)9-18-16(10)21-15-11(2)19-20(4)12(15)3/h7,9,14,17H,5-6,8H2,1-4H3. The molecule has 2 heterocycles. The maximum atomic E-state index is 5.97. The van der Waals surface area contributed by atoms with Crippen molar-refractivity contribution in [2.24, 2.45) is 7.05 Å². The van der Waals surface area contributed by atoms with E-state index in [1.165, 1.54) is 18.4 Å². The third kappa shape index (κ3) is 3.08. The fraction of sp³-hybridized carbons (Fsp3) is 0.500. The number of hydrogen-bond donors (Lipinski definition) is 1. The molecule has 0 radical (unpaired) electrons. The van der Waals surface area contributed by atoms with E-state index in [0.29, 0.717) is 11.9 Å². The second-order valence-corrected chi connectivity index (χ2v) is 5.85. The van der Waals surface area contributed by atoms with Crippen molar-refractivity contribution < 1.29 is 4.74 Å². The SMILES string of the molecule is Cc1cc(CNC2CC2)cnc1Oc1c(C)nn(C)c1C. The molecule has 0 saturated heterocycles. The zero-order valence-corrected chi connectivity index (χ0v) is 13.1. The zero-order valence-electron chi connectivity index (χ0n) is 13.1. The second kappa shape index (κ2) is 5.48. The average molecular weight is 286 g/mol. The van der Waals surface area contributed by atoms with Gasteiger partial charge in [0, 0.05) is 31.4 Å². The number of hydrogen-bond acceptors (Lipinski definition) is 4. The Labute approximate surface area is 125 Å². The fourth-order valence-electron chi connectivity index (χ4n) is 2.37. The van der Waals surface area contributed by atoms with Crippen LogP contribution in [0.5, 0.6) is 11.6 Å². The van der Waals surface area contributed by atoms with E-state index < -0.39 is 0 Å². The van der Waals surface area contributed by atoms with Gasteiger partial charge in [-0.05, 0) is 45.2 Å². The van der Waals surface area contributed by atoms with E-state index in [4.69, 9.17) is 4.74 Å². The summed E-state index contributed by atoms with van der Waals surface area (Å²) < 4.78 is 7.80. The first-order chi connectivity index (χ1) is 10.0. The summed E-state index contributed by atoms with van der Waals surface area (Å²) in [4.78, 5) is 4.46. The molecule has 0 atom stereocenters. The largest absolute Gasteiger partial charge is 0.435 e. The quantitative estimate of drug-likeness (QED) is 0.918. The van der Waals surface area contributed by atoms with Gasteiger partial charge in [0.2, 0.25) is 5.88 Å². The molecule has 1 aliphatic carbocycles. The van der Waals surface area contributed by atoms with Crippen LogP contribution in [0, 0.1) is 20.8 Å². The Bertz CT molecular complexity index is 659. The van der Waals surface area contributed by atoms with Gasteiger partial charge in [-0.3, -0.25) is 4.68 Å². The number of nitrogens with zero attached hydrogens (tertiary/aromatic N) is 3. The summed E-state index contributed by atoms with van der Waals surface area (Å²) in [6.45, 7) is 6.86. The van der Waals surface area contributed by atoms with Crippen LogP contribution in [0.4, 0.5) is 0 Å². The van der Waals surface area contributed by atoms with Crippen LogP contribution in [0.25, 0.3) is 0 Å². The van der Waals surface area contributed by atoms with E-state index in [0.717, 1.165) is 29.2 Å². The Morgan fingerprint density at radius 1 is 1.33 bits per heavy atom. The number of nitrogens with one attached hydrogen (secondary N) is 1. The van der Waals surface area contributed by atoms with E-state index in [-0.39, 0.29) is 0 Å². The molecule has 1 N–H and O–H groups in total. The summed E-state index contributed by atoms with van der Waals surface area (Å²) in [6.07, 6.45) is 4.49. The predicted molar refractivity (Wildman–Crippen MR) is 81.6 cm³/mol. The molecule has 2 aromatic rings. The highest BCUT2D eigenvalue weighted by Gasteiger charge is 2.20. The average Bonchev–Trinajstić information content (AvgIpc) is 3.23. The lowest BCUT2D eigenvalue weighted by atomic mass is 10.2. The molecule has 0 unspecified atom stereocenters. The number of aromatic nitrogens is 3. The molecule has 1 fully saturated rings. The maximum absolute atomic E-state index is 5.97. The van der Waals surface area contributed by atoms with Gasteiger partial charge in [-0.25, -0.2) is 4.98 Å². The molecule has 0 aromatic carbocycles. The summed E-state index contributed by atoms with van der Waals surface area (Å²) in [5, 5.41) is 7.86. The van der Waals surface area contributed by atoms with Gasteiger partial charge in [-0.2, -0.15) is 5.10 Å². The minimum absolute atomic E-state index is 0.657. The first kappa shape index (κ1) is 14.1. The van der Waals surface area contributed by atoms with Gasteiger partial charge in [-0.1, -0.05) is 0 Å². The molecule has 112 valence electrons. The normalized spacial score (nSPS) is 14.5. The van der Waals surface area contributed by atoms with Gasteiger partial charge >= 0.3 is 0 Å². The number of aryl methyl sites for hydroxylation is 3. The summed E-state index contributed by atoms with van der Waals surface area (Å²) in [6, 6.07) is 2.85. The monoisotopic (exact) mass is 286 g/mol. The molecule has 0 aliphatic heterocycles. The van der Waals surface area contributed by atoms with Gasteiger partial charge in [-0.15, -0.1) is 0 Å². The number of pyridine rings is 1. The van der Waals surface area contributed by atoms with E-state index >= 15 is 0 Å². The molecule has 0 spiro atoms. The third-order valence-electron chi connectivity index (χ3n) is 3.90. The molecule has 5 heteroatoms. The van der Waals surface area contributed by atoms with Gasteiger partial charge in [0.25, 0.3) is 0 Å².